The molecular weight excluding hydrogens is 333 g/mol. The topological polar surface area (TPSA) is 53.6 Å². The normalized spacial score (nSPS) is 26.4. The summed E-state index contributed by atoms with van der Waals surface area (Å²) in [5.41, 5.74) is 1.16. The van der Waals surface area contributed by atoms with E-state index in [2.05, 4.69) is 15.5 Å². The summed E-state index contributed by atoms with van der Waals surface area (Å²) in [7, 11) is 0. The van der Waals surface area contributed by atoms with E-state index < -0.39 is 0 Å². The second-order valence-electron chi connectivity index (χ2n) is 7.83. The van der Waals surface area contributed by atoms with Gasteiger partial charge >= 0.3 is 0 Å². The summed E-state index contributed by atoms with van der Waals surface area (Å²) in [6, 6.07) is 6.72. The number of piperidine rings is 1. The smallest absolute Gasteiger partial charge is 0.223 e. The van der Waals surface area contributed by atoms with E-state index in [9.17, 15) is 9.18 Å². The van der Waals surface area contributed by atoms with Crippen LogP contribution in [0.5, 0.6) is 0 Å². The molecule has 1 saturated carbocycles. The van der Waals surface area contributed by atoms with Crippen molar-refractivity contribution in [1.82, 2.24) is 15.5 Å². The molecule has 2 atom stereocenters. The van der Waals surface area contributed by atoms with E-state index in [4.69, 9.17) is 4.74 Å². The van der Waals surface area contributed by atoms with Gasteiger partial charge in [-0.3, -0.25) is 9.69 Å². The summed E-state index contributed by atoms with van der Waals surface area (Å²) in [4.78, 5) is 15.0. The highest BCUT2D eigenvalue weighted by molar-refractivity contribution is 5.82. The number of benzene rings is 1. The Balaban J connectivity index is 1.41. The van der Waals surface area contributed by atoms with Crippen LogP contribution in [0.25, 0.3) is 0 Å². The van der Waals surface area contributed by atoms with Crippen molar-refractivity contribution in [3.63, 3.8) is 0 Å². The minimum atomic E-state index is -0.233. The van der Waals surface area contributed by atoms with Crippen molar-refractivity contribution < 1.29 is 13.9 Å². The van der Waals surface area contributed by atoms with Crippen LogP contribution >= 0.6 is 0 Å². The Bertz CT molecular complexity index is 642. The molecular formula is C20H28FN3O2. The second-order valence-corrected chi connectivity index (χ2v) is 7.83. The number of ether oxygens (including phenoxy) is 1. The highest BCUT2D eigenvalue weighted by Gasteiger charge is 2.57. The first-order valence-electron chi connectivity index (χ1n) is 9.74. The Morgan fingerprint density at radius 3 is 2.85 bits per heavy atom. The average molecular weight is 361 g/mol. The molecule has 1 amide bonds. The molecule has 5 nitrogen and oxygen atoms in total. The van der Waals surface area contributed by atoms with Crippen molar-refractivity contribution in [2.45, 2.75) is 25.3 Å². The third-order valence-corrected chi connectivity index (χ3v) is 6.30. The number of hydrogen-bond donors (Lipinski definition) is 2. The van der Waals surface area contributed by atoms with Crippen LogP contribution in [0.2, 0.25) is 0 Å². The molecule has 1 aromatic carbocycles. The van der Waals surface area contributed by atoms with Gasteiger partial charge in [-0.25, -0.2) is 4.39 Å². The van der Waals surface area contributed by atoms with Crippen molar-refractivity contribution in [3.8, 4) is 0 Å². The highest BCUT2D eigenvalue weighted by Crippen LogP contribution is 2.58. The summed E-state index contributed by atoms with van der Waals surface area (Å²) in [5.74, 6) is 0.0898. The van der Waals surface area contributed by atoms with E-state index in [0.717, 1.165) is 51.0 Å². The number of carbonyl (C=O) groups excluding carboxylic acids is 1. The number of morpholine rings is 1. The van der Waals surface area contributed by atoms with Gasteiger partial charge < -0.3 is 15.4 Å². The predicted molar refractivity (Wildman–Crippen MR) is 97.2 cm³/mol. The lowest BCUT2D eigenvalue weighted by Crippen LogP contribution is -2.44. The third kappa shape index (κ3) is 3.77. The highest BCUT2D eigenvalue weighted by atomic mass is 19.1. The lowest BCUT2D eigenvalue weighted by molar-refractivity contribution is -0.123. The minimum Gasteiger partial charge on any atom is -0.379 e. The van der Waals surface area contributed by atoms with Gasteiger partial charge in [0.15, 0.2) is 0 Å². The van der Waals surface area contributed by atoms with Crippen LogP contribution in [0.15, 0.2) is 24.3 Å². The number of rotatable bonds is 5. The molecule has 2 N–H and O–H groups in total. The molecule has 6 heteroatoms. The van der Waals surface area contributed by atoms with Gasteiger partial charge in [-0.05, 0) is 55.5 Å². The molecule has 4 rings (SSSR count). The quantitative estimate of drug-likeness (QED) is 0.838. The fourth-order valence-corrected chi connectivity index (χ4v) is 4.58. The molecule has 1 aromatic rings. The van der Waals surface area contributed by atoms with Crippen LogP contribution < -0.4 is 10.6 Å². The summed E-state index contributed by atoms with van der Waals surface area (Å²) < 4.78 is 19.2. The van der Waals surface area contributed by atoms with E-state index in [1.165, 1.54) is 6.07 Å². The Morgan fingerprint density at radius 2 is 2.12 bits per heavy atom. The van der Waals surface area contributed by atoms with Crippen LogP contribution in [0.3, 0.4) is 0 Å². The maximum atomic E-state index is 13.7. The summed E-state index contributed by atoms with van der Waals surface area (Å²) in [6.45, 7) is 5.52. The van der Waals surface area contributed by atoms with Crippen molar-refractivity contribution in [3.05, 3.63) is 35.6 Å². The molecule has 26 heavy (non-hydrogen) atoms. The standard InChI is InChI=1S/C20H28FN3O2/c21-16-3-1-2-15(12-16)18(24-8-10-26-11-9-24)14-23-19(25)17-13-20(17)4-6-22-7-5-20/h1-3,12,17-18,22H,4-11,13-14H2,(H,23,25). The van der Waals surface area contributed by atoms with Crippen LogP contribution in [-0.2, 0) is 9.53 Å². The summed E-state index contributed by atoms with van der Waals surface area (Å²) in [5, 5.41) is 6.54. The Hall–Kier alpha value is -1.50. The number of nitrogens with one attached hydrogen (secondary N) is 2. The van der Waals surface area contributed by atoms with Gasteiger partial charge in [-0.15, -0.1) is 0 Å². The fraction of sp³-hybridized carbons (Fsp3) is 0.650. The van der Waals surface area contributed by atoms with Gasteiger partial charge in [0.2, 0.25) is 5.91 Å². The number of amides is 1. The molecule has 2 aliphatic heterocycles. The molecule has 2 unspecified atom stereocenters. The molecule has 3 fully saturated rings. The monoisotopic (exact) mass is 361 g/mol. The van der Waals surface area contributed by atoms with Gasteiger partial charge in [0.25, 0.3) is 0 Å². The molecule has 0 radical (unpaired) electrons. The van der Waals surface area contributed by atoms with Gasteiger partial charge in [-0.1, -0.05) is 12.1 Å². The Labute approximate surface area is 154 Å². The molecule has 1 aliphatic carbocycles. The fourth-order valence-electron chi connectivity index (χ4n) is 4.58. The summed E-state index contributed by atoms with van der Waals surface area (Å²) >= 11 is 0. The van der Waals surface area contributed by atoms with E-state index in [0.29, 0.717) is 19.8 Å². The molecule has 2 saturated heterocycles. The van der Waals surface area contributed by atoms with E-state index in [-0.39, 0.29) is 29.1 Å². The van der Waals surface area contributed by atoms with Crippen molar-refractivity contribution >= 4 is 5.91 Å². The van der Waals surface area contributed by atoms with Crippen molar-refractivity contribution in [1.29, 1.82) is 0 Å². The maximum absolute atomic E-state index is 13.7. The zero-order valence-corrected chi connectivity index (χ0v) is 15.2. The first kappa shape index (κ1) is 17.9. The van der Waals surface area contributed by atoms with E-state index >= 15 is 0 Å². The molecule has 0 aromatic heterocycles. The second kappa shape index (κ2) is 7.62. The third-order valence-electron chi connectivity index (χ3n) is 6.30. The number of halogens is 1. The van der Waals surface area contributed by atoms with Gasteiger partial charge in [0, 0.05) is 25.6 Å². The van der Waals surface area contributed by atoms with Crippen LogP contribution in [0.4, 0.5) is 4.39 Å². The van der Waals surface area contributed by atoms with Crippen LogP contribution in [-0.4, -0.2) is 56.7 Å². The zero-order valence-electron chi connectivity index (χ0n) is 15.2. The zero-order chi connectivity index (χ0) is 18.0. The number of nitrogens with zero attached hydrogens (tertiary/aromatic N) is 1. The van der Waals surface area contributed by atoms with Crippen molar-refractivity contribution in [2.24, 2.45) is 11.3 Å². The first-order valence-corrected chi connectivity index (χ1v) is 9.74. The summed E-state index contributed by atoms with van der Waals surface area (Å²) in [6.07, 6.45) is 3.21. The SMILES string of the molecule is O=C(NCC(c1cccc(F)c1)N1CCOCC1)C1CC12CCNCC2. The Morgan fingerprint density at radius 1 is 1.35 bits per heavy atom. The largest absolute Gasteiger partial charge is 0.379 e. The lowest BCUT2D eigenvalue weighted by Gasteiger charge is -2.35. The van der Waals surface area contributed by atoms with Gasteiger partial charge in [0.1, 0.15) is 5.82 Å². The molecule has 3 aliphatic rings. The van der Waals surface area contributed by atoms with Gasteiger partial charge in [0.05, 0.1) is 19.3 Å². The van der Waals surface area contributed by atoms with E-state index in [1.807, 2.05) is 6.07 Å². The predicted octanol–water partition coefficient (Wildman–Crippen LogP) is 1.70. The molecule has 0 bridgehead atoms. The van der Waals surface area contributed by atoms with Crippen molar-refractivity contribution in [2.75, 3.05) is 45.9 Å². The number of hydrogen-bond acceptors (Lipinski definition) is 4. The number of carbonyl (C=O) groups is 1. The van der Waals surface area contributed by atoms with Crippen LogP contribution in [0, 0.1) is 17.2 Å². The average Bonchev–Trinajstić information content (AvgIpc) is 3.36. The van der Waals surface area contributed by atoms with E-state index in [1.54, 1.807) is 12.1 Å². The lowest BCUT2D eigenvalue weighted by atomic mass is 9.91. The molecule has 142 valence electrons. The minimum absolute atomic E-state index is 0.0127. The Kier molecular flexibility index (Phi) is 5.25. The first-order chi connectivity index (χ1) is 12.7. The molecule has 1 spiro atoms. The maximum Gasteiger partial charge on any atom is 0.223 e. The van der Waals surface area contributed by atoms with Gasteiger partial charge in [-0.2, -0.15) is 0 Å². The molecule has 2 heterocycles. The van der Waals surface area contributed by atoms with Crippen LogP contribution in [0.1, 0.15) is 30.9 Å².